The zero-order chi connectivity index (χ0) is 21.3. The smallest absolute Gasteiger partial charge is 0.339 e. The van der Waals surface area contributed by atoms with Crippen molar-refractivity contribution in [3.05, 3.63) is 69.1 Å². The van der Waals surface area contributed by atoms with Crippen LogP contribution in [0, 0.1) is 6.92 Å². The van der Waals surface area contributed by atoms with Crippen molar-refractivity contribution >= 4 is 22.6 Å². The van der Waals surface area contributed by atoms with E-state index in [1.54, 1.807) is 12.1 Å². The summed E-state index contributed by atoms with van der Waals surface area (Å²) in [5, 5.41) is 0.950. The number of carbonyl (C=O) groups excluding carboxylic acids is 1. The Hall–Kier alpha value is -3.28. The molecule has 1 aliphatic rings. The third kappa shape index (κ3) is 3.54. The van der Waals surface area contributed by atoms with Gasteiger partial charge in [-0.2, -0.15) is 0 Å². The number of hydrogen-bond donors (Lipinski definition) is 0. The van der Waals surface area contributed by atoms with Gasteiger partial charge in [-0.15, -0.1) is 0 Å². The van der Waals surface area contributed by atoms with E-state index in [-0.39, 0.29) is 18.3 Å². The van der Waals surface area contributed by atoms with Gasteiger partial charge in [0.1, 0.15) is 11.3 Å². The number of carbonyl (C=O) groups is 1. The summed E-state index contributed by atoms with van der Waals surface area (Å²) < 4.78 is 16.5. The van der Waals surface area contributed by atoms with Crippen LogP contribution in [0.1, 0.15) is 46.8 Å². The van der Waals surface area contributed by atoms with Crippen LogP contribution in [0.15, 0.2) is 45.6 Å². The Balaban J connectivity index is 1.79. The molecule has 6 nitrogen and oxygen atoms in total. The molecule has 1 aromatic heterocycles. The lowest BCUT2D eigenvalue weighted by atomic mass is 9.98. The number of unbranched alkanes of at least 4 members (excludes halogenated alkanes) is 1. The molecule has 0 aliphatic carbocycles. The molecule has 0 radical (unpaired) electrons. The summed E-state index contributed by atoms with van der Waals surface area (Å²) in [4.78, 5) is 26.3. The van der Waals surface area contributed by atoms with Gasteiger partial charge in [-0.25, -0.2) is 9.59 Å². The van der Waals surface area contributed by atoms with E-state index in [0.29, 0.717) is 17.7 Å². The highest BCUT2D eigenvalue weighted by Crippen LogP contribution is 2.37. The molecule has 0 N–H and O–H groups in total. The third-order valence-corrected chi connectivity index (χ3v) is 5.55. The molecule has 6 heteroatoms. The van der Waals surface area contributed by atoms with Crippen LogP contribution < -0.4 is 15.3 Å². The summed E-state index contributed by atoms with van der Waals surface area (Å²) in [7, 11) is 1.38. The minimum Gasteiger partial charge on any atom is -0.472 e. The first-order valence-corrected chi connectivity index (χ1v) is 10.2. The fourth-order valence-corrected chi connectivity index (χ4v) is 4.04. The predicted molar refractivity (Wildman–Crippen MR) is 115 cm³/mol. The quantitative estimate of drug-likeness (QED) is 0.455. The van der Waals surface area contributed by atoms with Gasteiger partial charge in [-0.3, -0.25) is 0 Å². The van der Waals surface area contributed by atoms with Gasteiger partial charge in [0.25, 0.3) is 0 Å². The molecule has 0 fully saturated rings. The van der Waals surface area contributed by atoms with Crippen molar-refractivity contribution in [2.24, 2.45) is 0 Å². The molecule has 0 bridgehead atoms. The van der Waals surface area contributed by atoms with Gasteiger partial charge < -0.3 is 18.8 Å². The molecule has 1 aliphatic heterocycles. The molecule has 156 valence electrons. The number of esters is 1. The van der Waals surface area contributed by atoms with Gasteiger partial charge >= 0.3 is 11.6 Å². The number of fused-ring (bicyclic) bond motifs is 2. The van der Waals surface area contributed by atoms with Gasteiger partial charge in [0.2, 0.25) is 0 Å². The summed E-state index contributed by atoms with van der Waals surface area (Å²) in [5.41, 5.74) is 4.35. The zero-order valence-electron chi connectivity index (χ0n) is 17.5. The Bertz CT molecular complexity index is 1160. The zero-order valence-corrected chi connectivity index (χ0v) is 17.5. The van der Waals surface area contributed by atoms with Crippen molar-refractivity contribution in [2.75, 3.05) is 18.7 Å². The second-order valence-electron chi connectivity index (χ2n) is 7.54. The first-order chi connectivity index (χ1) is 14.5. The number of hydrogen-bond acceptors (Lipinski definition) is 6. The van der Waals surface area contributed by atoms with E-state index >= 15 is 0 Å². The number of rotatable bonds is 5. The number of aryl methyl sites for hydroxylation is 2. The Morgan fingerprint density at radius 1 is 1.23 bits per heavy atom. The van der Waals surface area contributed by atoms with E-state index < -0.39 is 0 Å². The highest BCUT2D eigenvalue weighted by Gasteiger charge is 2.25. The van der Waals surface area contributed by atoms with Gasteiger partial charge in [0, 0.05) is 29.1 Å². The SMILES string of the molecule is CCCCc1cc(=O)oc2c(C)c3c(cc12)CN(c1ccccc1C(=O)OC)CO3. The molecule has 2 aromatic carbocycles. The second-order valence-corrected chi connectivity index (χ2v) is 7.54. The van der Waals surface area contributed by atoms with E-state index in [0.717, 1.165) is 52.8 Å². The van der Waals surface area contributed by atoms with Crippen LogP contribution in [0.5, 0.6) is 5.75 Å². The van der Waals surface area contributed by atoms with Gasteiger partial charge in [-0.1, -0.05) is 25.5 Å². The number of anilines is 1. The van der Waals surface area contributed by atoms with E-state index in [9.17, 15) is 9.59 Å². The molecule has 4 rings (SSSR count). The molecule has 0 saturated carbocycles. The minimum absolute atomic E-state index is 0.285. The van der Waals surface area contributed by atoms with Crippen molar-refractivity contribution in [1.82, 2.24) is 0 Å². The van der Waals surface area contributed by atoms with Gasteiger partial charge in [0.05, 0.1) is 18.4 Å². The van der Waals surface area contributed by atoms with Crippen molar-refractivity contribution in [3.63, 3.8) is 0 Å². The molecule has 0 unspecified atom stereocenters. The van der Waals surface area contributed by atoms with Crippen molar-refractivity contribution in [3.8, 4) is 5.75 Å². The average Bonchev–Trinajstić information content (AvgIpc) is 2.77. The first kappa shape index (κ1) is 20.0. The standard InChI is InChI=1S/C24H25NO5/c1-4-5-8-16-12-21(26)30-23-15(2)22-17(11-19(16)23)13-25(14-29-22)20-10-7-6-9-18(20)24(27)28-3/h6-7,9-12H,4-5,8,13-14H2,1-3H3. The Morgan fingerprint density at radius 3 is 2.80 bits per heavy atom. The van der Waals surface area contributed by atoms with Crippen LogP contribution in [0.4, 0.5) is 5.69 Å². The summed E-state index contributed by atoms with van der Waals surface area (Å²) in [6.07, 6.45) is 2.88. The monoisotopic (exact) mass is 407 g/mol. The molecule has 30 heavy (non-hydrogen) atoms. The van der Waals surface area contributed by atoms with Gasteiger partial charge in [0.15, 0.2) is 6.73 Å². The lowest BCUT2D eigenvalue weighted by Gasteiger charge is -2.32. The second kappa shape index (κ2) is 8.22. The summed E-state index contributed by atoms with van der Waals surface area (Å²) in [6, 6.07) is 11.0. The lowest BCUT2D eigenvalue weighted by Crippen LogP contribution is -2.33. The van der Waals surface area contributed by atoms with E-state index in [1.807, 2.05) is 30.0 Å². The van der Waals surface area contributed by atoms with E-state index in [2.05, 4.69) is 13.0 Å². The highest BCUT2D eigenvalue weighted by atomic mass is 16.5. The molecular formula is C24H25NO5. The fraction of sp³-hybridized carbons (Fsp3) is 0.333. The Labute approximate surface area is 175 Å². The molecule has 0 spiro atoms. The Kier molecular flexibility index (Phi) is 5.48. The van der Waals surface area contributed by atoms with Gasteiger partial charge in [-0.05, 0) is 43.5 Å². The summed E-state index contributed by atoms with van der Waals surface area (Å²) in [5.74, 6) is 0.361. The number of ether oxygens (including phenoxy) is 2. The third-order valence-electron chi connectivity index (χ3n) is 5.55. The molecule has 0 amide bonds. The maximum absolute atomic E-state index is 12.2. The summed E-state index contributed by atoms with van der Waals surface area (Å²) in [6.45, 7) is 4.91. The number of methoxy groups -OCH3 is 1. The van der Waals surface area contributed by atoms with Crippen LogP contribution in [-0.2, 0) is 17.7 Å². The molecule has 2 heterocycles. The van der Waals surface area contributed by atoms with Crippen molar-refractivity contribution in [1.29, 1.82) is 0 Å². The molecular weight excluding hydrogens is 382 g/mol. The average molecular weight is 407 g/mol. The van der Waals surface area contributed by atoms with E-state index in [4.69, 9.17) is 13.9 Å². The largest absolute Gasteiger partial charge is 0.472 e. The normalized spacial score (nSPS) is 13.1. The minimum atomic E-state index is -0.380. The van der Waals surface area contributed by atoms with Crippen LogP contribution >= 0.6 is 0 Å². The maximum Gasteiger partial charge on any atom is 0.339 e. The van der Waals surface area contributed by atoms with Crippen molar-refractivity contribution < 1.29 is 18.7 Å². The summed E-state index contributed by atoms with van der Waals surface area (Å²) >= 11 is 0. The van der Waals surface area contributed by atoms with Crippen LogP contribution in [0.3, 0.4) is 0 Å². The van der Waals surface area contributed by atoms with Crippen molar-refractivity contribution in [2.45, 2.75) is 39.7 Å². The topological polar surface area (TPSA) is 69.0 Å². The predicted octanol–water partition coefficient (Wildman–Crippen LogP) is 4.59. The highest BCUT2D eigenvalue weighted by molar-refractivity contribution is 5.96. The molecule has 0 atom stereocenters. The number of nitrogens with zero attached hydrogens (tertiary/aromatic N) is 1. The number of benzene rings is 2. The van der Waals surface area contributed by atoms with E-state index in [1.165, 1.54) is 7.11 Å². The lowest BCUT2D eigenvalue weighted by molar-refractivity contribution is 0.0601. The Morgan fingerprint density at radius 2 is 2.03 bits per heavy atom. The van der Waals surface area contributed by atoms with Crippen LogP contribution in [0.2, 0.25) is 0 Å². The maximum atomic E-state index is 12.2. The first-order valence-electron chi connectivity index (χ1n) is 10.2. The molecule has 3 aromatic rings. The number of para-hydroxylation sites is 1. The fourth-order valence-electron chi connectivity index (χ4n) is 4.04. The van der Waals surface area contributed by atoms with Crippen LogP contribution in [-0.4, -0.2) is 19.8 Å². The molecule has 0 saturated heterocycles. The van der Waals surface area contributed by atoms with Crippen LogP contribution in [0.25, 0.3) is 11.0 Å².